The Morgan fingerprint density at radius 1 is 0.931 bits per heavy atom. The van der Waals surface area contributed by atoms with Crippen molar-refractivity contribution in [3.8, 4) is 34.6 Å². The van der Waals surface area contributed by atoms with E-state index in [0.717, 1.165) is 0 Å². The van der Waals surface area contributed by atoms with Gasteiger partial charge in [-0.15, -0.1) is 10.2 Å². The van der Waals surface area contributed by atoms with Crippen molar-refractivity contribution in [3.05, 3.63) is 42.2 Å². The number of aromatic nitrogens is 4. The van der Waals surface area contributed by atoms with Crippen molar-refractivity contribution in [2.75, 3.05) is 27.1 Å². The first-order chi connectivity index (χ1) is 13.9. The molecular weight excluding hydrogens is 396 g/mol. The molecule has 0 saturated heterocycles. The third kappa shape index (κ3) is 4.16. The molecule has 1 aromatic carbocycles. The van der Waals surface area contributed by atoms with Crippen molar-refractivity contribution >= 4 is 9.84 Å². The first-order valence-corrected chi connectivity index (χ1v) is 10.6. The van der Waals surface area contributed by atoms with E-state index < -0.39 is 9.84 Å². The summed E-state index contributed by atoms with van der Waals surface area (Å²) < 4.78 is 42.5. The Kier molecular flexibility index (Phi) is 6.02. The third-order valence-corrected chi connectivity index (χ3v) is 5.88. The standard InChI is InChI=1S/C19H22N4O5S/c1-5-29(24,25)12-16-21-22-19(13-8-6-11-17(20-13)28-4)23(16)18-14(26-2)9-7-10-15(18)27-3/h6-11H,5,12H2,1-4H3. The van der Waals surface area contributed by atoms with E-state index in [1.807, 2.05) is 0 Å². The van der Waals surface area contributed by atoms with Gasteiger partial charge in [0.15, 0.2) is 21.5 Å². The molecule has 0 aliphatic rings. The highest BCUT2D eigenvalue weighted by Gasteiger charge is 2.25. The van der Waals surface area contributed by atoms with Gasteiger partial charge < -0.3 is 14.2 Å². The van der Waals surface area contributed by atoms with Gasteiger partial charge in [0.2, 0.25) is 5.88 Å². The largest absolute Gasteiger partial charge is 0.494 e. The number of sulfone groups is 1. The molecule has 0 N–H and O–H groups in total. The zero-order valence-corrected chi connectivity index (χ0v) is 17.4. The molecule has 0 fully saturated rings. The van der Waals surface area contributed by atoms with Gasteiger partial charge >= 0.3 is 0 Å². The normalized spacial score (nSPS) is 11.3. The molecule has 2 aromatic heterocycles. The van der Waals surface area contributed by atoms with Crippen LogP contribution in [0, 0.1) is 0 Å². The first kappa shape index (κ1) is 20.6. The zero-order valence-electron chi connectivity index (χ0n) is 16.6. The molecule has 3 aromatic rings. The van der Waals surface area contributed by atoms with Crippen LogP contribution in [0.15, 0.2) is 36.4 Å². The molecule has 0 amide bonds. The topological polar surface area (TPSA) is 105 Å². The van der Waals surface area contributed by atoms with Crippen LogP contribution < -0.4 is 14.2 Å². The lowest BCUT2D eigenvalue weighted by Crippen LogP contribution is -2.13. The maximum atomic E-state index is 12.3. The van der Waals surface area contributed by atoms with Gasteiger partial charge in [0.05, 0.1) is 21.3 Å². The molecule has 3 rings (SSSR count). The van der Waals surface area contributed by atoms with E-state index in [1.54, 1.807) is 47.9 Å². The van der Waals surface area contributed by atoms with Crippen molar-refractivity contribution in [2.24, 2.45) is 0 Å². The molecular formula is C19H22N4O5S. The highest BCUT2D eigenvalue weighted by atomic mass is 32.2. The average Bonchev–Trinajstić information content (AvgIpc) is 3.15. The van der Waals surface area contributed by atoms with Crippen LogP contribution in [0.3, 0.4) is 0 Å². The Morgan fingerprint density at radius 3 is 2.17 bits per heavy atom. The smallest absolute Gasteiger partial charge is 0.213 e. The lowest BCUT2D eigenvalue weighted by atomic mass is 10.2. The Hall–Kier alpha value is -3.14. The summed E-state index contributed by atoms with van der Waals surface area (Å²) in [6, 6.07) is 10.5. The van der Waals surface area contributed by atoms with Gasteiger partial charge in [-0.2, -0.15) is 0 Å². The third-order valence-electron chi connectivity index (χ3n) is 4.31. The maximum Gasteiger partial charge on any atom is 0.213 e. The number of pyridine rings is 1. The van der Waals surface area contributed by atoms with Gasteiger partial charge in [-0.3, -0.25) is 4.57 Å². The summed E-state index contributed by atoms with van der Waals surface area (Å²) in [6.07, 6.45) is 0. The number of hydrogen-bond donors (Lipinski definition) is 0. The van der Waals surface area contributed by atoms with E-state index in [-0.39, 0.29) is 17.3 Å². The molecule has 0 radical (unpaired) electrons. The molecule has 9 nitrogen and oxygen atoms in total. The molecule has 10 heteroatoms. The van der Waals surface area contributed by atoms with E-state index in [9.17, 15) is 8.42 Å². The zero-order chi connectivity index (χ0) is 21.0. The predicted molar refractivity (Wildman–Crippen MR) is 107 cm³/mol. The van der Waals surface area contributed by atoms with Gasteiger partial charge in [-0.1, -0.05) is 19.1 Å². The van der Waals surface area contributed by atoms with Crippen LogP contribution in [-0.4, -0.2) is 55.2 Å². The second-order valence-corrected chi connectivity index (χ2v) is 8.38. The minimum absolute atomic E-state index is 0.0182. The molecule has 0 atom stereocenters. The van der Waals surface area contributed by atoms with Gasteiger partial charge in [0.25, 0.3) is 0 Å². The first-order valence-electron chi connectivity index (χ1n) is 8.81. The Labute approximate surface area is 169 Å². The molecule has 0 bridgehead atoms. The van der Waals surface area contributed by atoms with E-state index in [4.69, 9.17) is 14.2 Å². The van der Waals surface area contributed by atoms with Crippen LogP contribution in [0.4, 0.5) is 0 Å². The minimum Gasteiger partial charge on any atom is -0.494 e. The van der Waals surface area contributed by atoms with Gasteiger partial charge in [-0.25, -0.2) is 13.4 Å². The molecule has 0 saturated carbocycles. The summed E-state index contributed by atoms with van der Waals surface area (Å²) in [5, 5.41) is 8.38. The molecule has 29 heavy (non-hydrogen) atoms. The van der Waals surface area contributed by atoms with Crippen molar-refractivity contribution in [2.45, 2.75) is 12.7 Å². The lowest BCUT2D eigenvalue weighted by molar-refractivity contribution is 0.390. The molecule has 2 heterocycles. The molecule has 0 spiro atoms. The van der Waals surface area contributed by atoms with Crippen LogP contribution in [0.1, 0.15) is 12.7 Å². The molecule has 0 aliphatic heterocycles. The van der Waals surface area contributed by atoms with Gasteiger partial charge in [-0.05, 0) is 18.2 Å². The van der Waals surface area contributed by atoms with Crippen molar-refractivity contribution in [3.63, 3.8) is 0 Å². The number of hydrogen-bond acceptors (Lipinski definition) is 8. The van der Waals surface area contributed by atoms with Gasteiger partial charge in [0, 0.05) is 11.8 Å². The Bertz CT molecular complexity index is 1090. The quantitative estimate of drug-likeness (QED) is 0.549. The maximum absolute atomic E-state index is 12.3. The monoisotopic (exact) mass is 418 g/mol. The van der Waals surface area contributed by atoms with E-state index >= 15 is 0 Å². The van der Waals surface area contributed by atoms with Crippen LogP contribution >= 0.6 is 0 Å². The number of benzene rings is 1. The fraction of sp³-hybridized carbons (Fsp3) is 0.316. The molecule has 0 unspecified atom stereocenters. The minimum atomic E-state index is -3.37. The van der Waals surface area contributed by atoms with Crippen LogP contribution in [0.2, 0.25) is 0 Å². The Balaban J connectivity index is 2.32. The van der Waals surface area contributed by atoms with Crippen LogP contribution in [-0.2, 0) is 15.6 Å². The van der Waals surface area contributed by atoms with Crippen molar-refractivity contribution in [1.29, 1.82) is 0 Å². The second kappa shape index (κ2) is 8.48. The lowest BCUT2D eigenvalue weighted by Gasteiger charge is -2.17. The summed E-state index contributed by atoms with van der Waals surface area (Å²) in [4.78, 5) is 4.41. The average molecular weight is 418 g/mol. The number of ether oxygens (including phenoxy) is 3. The fourth-order valence-electron chi connectivity index (χ4n) is 2.81. The summed E-state index contributed by atoms with van der Waals surface area (Å²) >= 11 is 0. The second-order valence-electron chi connectivity index (χ2n) is 6.03. The molecule has 0 aliphatic carbocycles. The predicted octanol–water partition coefficient (Wildman–Crippen LogP) is 2.29. The van der Waals surface area contributed by atoms with Crippen LogP contribution in [0.25, 0.3) is 17.2 Å². The number of nitrogens with zero attached hydrogens (tertiary/aromatic N) is 4. The summed E-state index contributed by atoms with van der Waals surface area (Å²) in [6.45, 7) is 1.59. The number of rotatable bonds is 8. The Morgan fingerprint density at radius 2 is 1.59 bits per heavy atom. The summed E-state index contributed by atoms with van der Waals surface area (Å²) in [7, 11) is 1.18. The fourth-order valence-corrected chi connectivity index (χ4v) is 3.60. The summed E-state index contributed by atoms with van der Waals surface area (Å²) in [5.74, 6) is 1.61. The SMILES string of the molecule is CCS(=O)(=O)Cc1nnc(-c2cccc(OC)n2)n1-c1c(OC)cccc1OC. The van der Waals surface area contributed by atoms with Crippen molar-refractivity contribution in [1.82, 2.24) is 19.7 Å². The van der Waals surface area contributed by atoms with Gasteiger partial charge in [0.1, 0.15) is 28.6 Å². The number of para-hydroxylation sites is 1. The highest BCUT2D eigenvalue weighted by Crippen LogP contribution is 2.36. The van der Waals surface area contributed by atoms with E-state index in [1.165, 1.54) is 21.3 Å². The van der Waals surface area contributed by atoms with E-state index in [2.05, 4.69) is 15.2 Å². The highest BCUT2D eigenvalue weighted by molar-refractivity contribution is 7.90. The van der Waals surface area contributed by atoms with E-state index in [0.29, 0.717) is 34.6 Å². The van der Waals surface area contributed by atoms with Crippen molar-refractivity contribution < 1.29 is 22.6 Å². The molecule has 154 valence electrons. The summed E-state index contributed by atoms with van der Waals surface area (Å²) in [5.41, 5.74) is 0.952. The number of methoxy groups -OCH3 is 3. The van der Waals surface area contributed by atoms with Crippen LogP contribution in [0.5, 0.6) is 17.4 Å².